The third kappa shape index (κ3) is 3.58. The van der Waals surface area contributed by atoms with Gasteiger partial charge in [-0.3, -0.25) is 5.32 Å². The molecule has 28 heavy (non-hydrogen) atoms. The number of carbonyl (C=O) groups excluding carboxylic acids is 1. The van der Waals surface area contributed by atoms with Gasteiger partial charge in [0.1, 0.15) is 10.7 Å². The lowest BCUT2D eigenvalue weighted by molar-refractivity contribution is 0.184. The van der Waals surface area contributed by atoms with Crippen LogP contribution in [0.2, 0.25) is 0 Å². The average Bonchev–Trinajstić information content (AvgIpc) is 3.10. The molecule has 3 aromatic rings. The molecule has 1 aromatic heterocycles. The van der Waals surface area contributed by atoms with Gasteiger partial charge in [-0.1, -0.05) is 35.6 Å². The zero-order chi connectivity index (χ0) is 19.7. The number of fused-ring (bicyclic) bond motifs is 1. The number of benzene rings is 2. The Morgan fingerprint density at radius 2 is 1.71 bits per heavy atom. The number of piperazine rings is 1. The topological polar surface area (TPSA) is 82.6 Å². The first kappa shape index (κ1) is 18.8. The molecule has 1 saturated heterocycles. The Labute approximate surface area is 165 Å². The van der Waals surface area contributed by atoms with Crippen LogP contribution in [0.3, 0.4) is 0 Å². The van der Waals surface area contributed by atoms with Crippen LogP contribution in [0.1, 0.15) is 0 Å². The smallest absolute Gasteiger partial charge is 0.322 e. The number of aromatic nitrogens is 1. The number of nitrogens with one attached hydrogen (secondary N) is 1. The van der Waals surface area contributed by atoms with Gasteiger partial charge in [-0.2, -0.15) is 4.31 Å². The summed E-state index contributed by atoms with van der Waals surface area (Å²) in [6.07, 6.45) is 0. The number of rotatable bonds is 3. The molecule has 146 valence electrons. The minimum Gasteiger partial charge on any atom is -0.322 e. The highest BCUT2D eigenvalue weighted by atomic mass is 32.2. The lowest BCUT2D eigenvalue weighted by atomic mass is 10.3. The number of carbonyl (C=O) groups is 1. The summed E-state index contributed by atoms with van der Waals surface area (Å²) in [5.74, 6) is -0.779. The van der Waals surface area contributed by atoms with Gasteiger partial charge >= 0.3 is 6.03 Å². The summed E-state index contributed by atoms with van der Waals surface area (Å²) in [7, 11) is -3.93. The van der Waals surface area contributed by atoms with Crippen LogP contribution in [0, 0.1) is 5.82 Å². The molecule has 2 heterocycles. The Hall–Kier alpha value is -2.56. The van der Waals surface area contributed by atoms with Gasteiger partial charge in [-0.05, 0) is 24.3 Å². The minimum absolute atomic E-state index is 0.101. The predicted octanol–water partition coefficient (Wildman–Crippen LogP) is 2.97. The highest BCUT2D eigenvalue weighted by Gasteiger charge is 2.31. The molecule has 0 spiro atoms. The molecule has 0 radical (unpaired) electrons. The Bertz CT molecular complexity index is 1090. The van der Waals surface area contributed by atoms with Crippen molar-refractivity contribution in [3.05, 3.63) is 54.3 Å². The van der Waals surface area contributed by atoms with E-state index in [1.165, 1.54) is 38.7 Å². The lowest BCUT2D eigenvalue weighted by Crippen LogP contribution is -2.51. The molecule has 4 rings (SSSR count). The van der Waals surface area contributed by atoms with Crippen LogP contribution in [0.5, 0.6) is 0 Å². The van der Waals surface area contributed by atoms with Gasteiger partial charge < -0.3 is 4.90 Å². The first-order valence-electron chi connectivity index (χ1n) is 8.61. The average molecular weight is 420 g/mol. The number of urea groups is 1. The molecular formula is C18H17FN4O3S2. The number of anilines is 1. The summed E-state index contributed by atoms with van der Waals surface area (Å²) < 4.78 is 41.3. The molecule has 0 atom stereocenters. The van der Waals surface area contributed by atoms with E-state index < -0.39 is 15.8 Å². The maximum Gasteiger partial charge on any atom is 0.323 e. The summed E-state index contributed by atoms with van der Waals surface area (Å²) >= 11 is 1.38. The third-order valence-corrected chi connectivity index (χ3v) is 7.37. The first-order valence-corrected chi connectivity index (χ1v) is 10.9. The van der Waals surface area contributed by atoms with Crippen LogP contribution in [0.25, 0.3) is 10.2 Å². The molecule has 1 aliphatic rings. The van der Waals surface area contributed by atoms with Crippen molar-refractivity contribution in [2.75, 3.05) is 31.5 Å². The number of halogens is 1. The van der Waals surface area contributed by atoms with Crippen molar-refractivity contribution < 1.29 is 17.6 Å². The van der Waals surface area contributed by atoms with Crippen molar-refractivity contribution in [3.63, 3.8) is 0 Å². The van der Waals surface area contributed by atoms with E-state index in [1.54, 1.807) is 0 Å². The predicted molar refractivity (Wildman–Crippen MR) is 105 cm³/mol. The van der Waals surface area contributed by atoms with E-state index in [0.29, 0.717) is 5.13 Å². The number of para-hydroxylation sites is 1. The Morgan fingerprint density at radius 1 is 1.04 bits per heavy atom. The van der Waals surface area contributed by atoms with E-state index in [1.807, 2.05) is 24.3 Å². The molecule has 0 unspecified atom stereocenters. The molecule has 7 nitrogen and oxygen atoms in total. The second-order valence-corrected chi connectivity index (χ2v) is 9.18. The van der Waals surface area contributed by atoms with Gasteiger partial charge in [-0.15, -0.1) is 0 Å². The number of thiazole rings is 1. The van der Waals surface area contributed by atoms with Gasteiger partial charge in [0, 0.05) is 26.2 Å². The molecule has 1 aliphatic heterocycles. The van der Waals surface area contributed by atoms with E-state index >= 15 is 0 Å². The van der Waals surface area contributed by atoms with E-state index in [-0.39, 0.29) is 37.1 Å². The van der Waals surface area contributed by atoms with Crippen LogP contribution >= 0.6 is 11.3 Å². The number of amides is 2. The SMILES string of the molecule is O=C(Nc1nc2ccccc2s1)N1CCN(S(=O)(=O)c2ccccc2F)CC1. The van der Waals surface area contributed by atoms with Crippen LogP contribution in [-0.4, -0.2) is 54.8 Å². The number of sulfonamides is 1. The number of hydrogen-bond acceptors (Lipinski definition) is 5. The van der Waals surface area contributed by atoms with Crippen molar-refractivity contribution in [1.29, 1.82) is 0 Å². The Morgan fingerprint density at radius 3 is 2.43 bits per heavy atom. The van der Waals surface area contributed by atoms with E-state index in [9.17, 15) is 17.6 Å². The quantitative estimate of drug-likeness (QED) is 0.706. The van der Waals surface area contributed by atoms with Crippen LogP contribution in [0.15, 0.2) is 53.4 Å². The van der Waals surface area contributed by atoms with Gasteiger partial charge in [0.2, 0.25) is 10.0 Å². The van der Waals surface area contributed by atoms with Gasteiger partial charge in [0.05, 0.1) is 10.2 Å². The van der Waals surface area contributed by atoms with Gasteiger partial charge in [0.25, 0.3) is 0 Å². The van der Waals surface area contributed by atoms with Crippen molar-refractivity contribution in [1.82, 2.24) is 14.2 Å². The molecule has 2 amide bonds. The first-order chi connectivity index (χ1) is 13.4. The monoisotopic (exact) mass is 420 g/mol. The molecule has 0 saturated carbocycles. The van der Waals surface area contributed by atoms with E-state index in [2.05, 4.69) is 10.3 Å². The van der Waals surface area contributed by atoms with E-state index in [0.717, 1.165) is 16.3 Å². The second kappa shape index (κ2) is 7.46. The normalized spacial score (nSPS) is 15.7. The summed E-state index contributed by atoms with van der Waals surface area (Å²) in [5.41, 5.74) is 0.809. The molecule has 0 aliphatic carbocycles. The summed E-state index contributed by atoms with van der Waals surface area (Å²) in [4.78, 5) is 18.0. The molecular weight excluding hydrogens is 403 g/mol. The molecule has 2 aromatic carbocycles. The van der Waals surface area contributed by atoms with Crippen molar-refractivity contribution in [2.24, 2.45) is 0 Å². The second-order valence-electron chi connectivity index (χ2n) is 6.24. The summed E-state index contributed by atoms with van der Waals surface area (Å²) in [6.45, 7) is 0.628. The maximum absolute atomic E-state index is 13.9. The fourth-order valence-corrected chi connectivity index (χ4v) is 5.36. The fourth-order valence-electron chi connectivity index (χ4n) is 3.02. The number of nitrogens with zero attached hydrogens (tertiary/aromatic N) is 3. The van der Waals surface area contributed by atoms with Gasteiger partial charge in [-0.25, -0.2) is 22.6 Å². The van der Waals surface area contributed by atoms with Crippen LogP contribution in [0.4, 0.5) is 14.3 Å². The fraction of sp³-hybridized carbons (Fsp3) is 0.222. The molecule has 0 bridgehead atoms. The highest BCUT2D eigenvalue weighted by molar-refractivity contribution is 7.89. The van der Waals surface area contributed by atoms with Crippen molar-refractivity contribution in [3.8, 4) is 0 Å². The molecule has 1 fully saturated rings. The Balaban J connectivity index is 1.41. The Kier molecular flexibility index (Phi) is 5.00. The summed E-state index contributed by atoms with van der Waals surface area (Å²) in [6, 6.07) is 12.5. The van der Waals surface area contributed by atoms with E-state index in [4.69, 9.17) is 0 Å². The molecule has 10 heteroatoms. The maximum atomic E-state index is 13.9. The zero-order valence-electron chi connectivity index (χ0n) is 14.7. The minimum atomic E-state index is -3.93. The largest absolute Gasteiger partial charge is 0.323 e. The van der Waals surface area contributed by atoms with Gasteiger partial charge in [0.15, 0.2) is 5.13 Å². The zero-order valence-corrected chi connectivity index (χ0v) is 16.3. The molecule has 1 N–H and O–H groups in total. The van der Waals surface area contributed by atoms with Crippen LogP contribution < -0.4 is 5.32 Å². The third-order valence-electron chi connectivity index (χ3n) is 4.49. The highest BCUT2D eigenvalue weighted by Crippen LogP contribution is 2.26. The van der Waals surface area contributed by atoms with Crippen molar-refractivity contribution >= 4 is 42.7 Å². The van der Waals surface area contributed by atoms with Crippen LogP contribution in [-0.2, 0) is 10.0 Å². The summed E-state index contributed by atoms with van der Waals surface area (Å²) in [5, 5.41) is 3.26. The standard InChI is InChI=1S/C18H17FN4O3S2/c19-13-5-1-4-8-16(13)28(25,26)23-11-9-22(10-12-23)18(24)21-17-20-14-6-2-3-7-15(14)27-17/h1-8H,9-12H2,(H,20,21,24). The van der Waals surface area contributed by atoms with Crippen molar-refractivity contribution in [2.45, 2.75) is 4.90 Å². The number of hydrogen-bond donors (Lipinski definition) is 1. The lowest BCUT2D eigenvalue weighted by Gasteiger charge is -2.33.